The molecule has 2 aromatic rings. The molecule has 0 bridgehead atoms. The Morgan fingerprint density at radius 2 is 2.25 bits per heavy atom. The van der Waals surface area contributed by atoms with Gasteiger partial charge >= 0.3 is 0 Å². The predicted molar refractivity (Wildman–Crippen MR) is 94.4 cm³/mol. The SMILES string of the molecule is C=CC(=O)N1CCN(S(=O)(=O)c2cccc3scnc23)C(CC)C1. The fourth-order valence-electron chi connectivity index (χ4n) is 3.01. The largest absolute Gasteiger partial charge is 0.336 e. The van der Waals surface area contributed by atoms with Crippen LogP contribution in [0.4, 0.5) is 0 Å². The first-order chi connectivity index (χ1) is 11.5. The Morgan fingerprint density at radius 1 is 1.46 bits per heavy atom. The lowest BCUT2D eigenvalue weighted by Gasteiger charge is -2.39. The van der Waals surface area contributed by atoms with Gasteiger partial charge in [0.2, 0.25) is 15.9 Å². The summed E-state index contributed by atoms with van der Waals surface area (Å²) < 4.78 is 28.7. The highest BCUT2D eigenvalue weighted by molar-refractivity contribution is 7.89. The number of thiazole rings is 1. The zero-order chi connectivity index (χ0) is 17.3. The van der Waals surface area contributed by atoms with Crippen molar-refractivity contribution in [2.75, 3.05) is 19.6 Å². The number of amides is 1. The monoisotopic (exact) mass is 365 g/mol. The van der Waals surface area contributed by atoms with Crippen LogP contribution >= 0.6 is 11.3 Å². The standard InChI is InChI=1S/C16H19N3O3S2/c1-3-12-10-18(15(20)4-2)8-9-19(12)24(21,22)14-7-5-6-13-16(14)17-11-23-13/h4-7,11-12H,2-3,8-10H2,1H3. The van der Waals surface area contributed by atoms with Crippen molar-refractivity contribution in [3.05, 3.63) is 36.4 Å². The molecule has 8 heteroatoms. The lowest BCUT2D eigenvalue weighted by atomic mass is 10.1. The van der Waals surface area contributed by atoms with Gasteiger partial charge in [0.1, 0.15) is 10.4 Å². The third-order valence-corrected chi connectivity index (χ3v) is 7.07. The van der Waals surface area contributed by atoms with E-state index in [4.69, 9.17) is 0 Å². The number of hydrogen-bond donors (Lipinski definition) is 0. The molecule has 1 aliphatic rings. The van der Waals surface area contributed by atoms with Crippen LogP contribution in [0.15, 0.2) is 41.3 Å². The molecule has 1 fully saturated rings. The Bertz CT molecular complexity index is 876. The van der Waals surface area contributed by atoms with E-state index in [0.29, 0.717) is 25.0 Å². The summed E-state index contributed by atoms with van der Waals surface area (Å²) in [7, 11) is -3.66. The highest BCUT2D eigenvalue weighted by Gasteiger charge is 2.37. The van der Waals surface area contributed by atoms with Crippen molar-refractivity contribution in [2.24, 2.45) is 0 Å². The summed E-state index contributed by atoms with van der Waals surface area (Å²) in [6, 6.07) is 4.96. The molecule has 1 amide bonds. The smallest absolute Gasteiger partial charge is 0.246 e. The third-order valence-electron chi connectivity index (χ3n) is 4.30. The number of carbonyl (C=O) groups excluding carboxylic acids is 1. The minimum Gasteiger partial charge on any atom is -0.336 e. The average molecular weight is 365 g/mol. The summed E-state index contributed by atoms with van der Waals surface area (Å²) in [6.45, 7) is 6.46. The van der Waals surface area contributed by atoms with E-state index in [2.05, 4.69) is 11.6 Å². The van der Waals surface area contributed by atoms with Crippen molar-refractivity contribution in [1.82, 2.24) is 14.2 Å². The minimum atomic E-state index is -3.66. The van der Waals surface area contributed by atoms with Crippen molar-refractivity contribution >= 4 is 37.5 Å². The minimum absolute atomic E-state index is 0.160. The maximum Gasteiger partial charge on any atom is 0.246 e. The Morgan fingerprint density at radius 3 is 2.96 bits per heavy atom. The predicted octanol–water partition coefficient (Wildman–Crippen LogP) is 2.09. The van der Waals surface area contributed by atoms with Crippen LogP contribution < -0.4 is 0 Å². The highest BCUT2D eigenvalue weighted by atomic mass is 32.2. The molecule has 0 spiro atoms. The molecular weight excluding hydrogens is 346 g/mol. The van der Waals surface area contributed by atoms with Crippen LogP contribution in [-0.4, -0.2) is 54.2 Å². The number of nitrogens with zero attached hydrogens (tertiary/aromatic N) is 3. The van der Waals surface area contributed by atoms with E-state index in [1.807, 2.05) is 13.0 Å². The van der Waals surface area contributed by atoms with Gasteiger partial charge in [0.15, 0.2) is 0 Å². The lowest BCUT2D eigenvalue weighted by Crippen LogP contribution is -2.55. The van der Waals surface area contributed by atoms with Crippen LogP contribution in [0.25, 0.3) is 10.2 Å². The molecule has 3 rings (SSSR count). The van der Waals surface area contributed by atoms with E-state index in [0.717, 1.165) is 4.70 Å². The molecule has 1 saturated heterocycles. The molecular formula is C16H19N3O3S2. The summed E-state index contributed by atoms with van der Waals surface area (Å²) in [6.07, 6.45) is 1.90. The number of aromatic nitrogens is 1. The van der Waals surface area contributed by atoms with Crippen LogP contribution in [0.3, 0.4) is 0 Å². The molecule has 1 aromatic carbocycles. The van der Waals surface area contributed by atoms with Crippen LogP contribution in [0.2, 0.25) is 0 Å². The third kappa shape index (κ3) is 2.85. The van der Waals surface area contributed by atoms with E-state index in [9.17, 15) is 13.2 Å². The molecule has 2 heterocycles. The number of piperazine rings is 1. The second kappa shape index (κ2) is 6.62. The van der Waals surface area contributed by atoms with Gasteiger partial charge in [0.05, 0.1) is 10.2 Å². The first kappa shape index (κ1) is 17.1. The molecule has 1 aliphatic heterocycles. The van der Waals surface area contributed by atoms with E-state index in [1.165, 1.54) is 21.7 Å². The zero-order valence-corrected chi connectivity index (χ0v) is 15.0. The molecule has 1 aromatic heterocycles. The topological polar surface area (TPSA) is 70.6 Å². The van der Waals surface area contributed by atoms with Crippen LogP contribution in [-0.2, 0) is 14.8 Å². The van der Waals surface area contributed by atoms with Crippen LogP contribution in [0.1, 0.15) is 13.3 Å². The summed E-state index contributed by atoms with van der Waals surface area (Å²) in [5, 5.41) is 0. The Kier molecular flexibility index (Phi) is 4.71. The van der Waals surface area contributed by atoms with E-state index < -0.39 is 10.0 Å². The van der Waals surface area contributed by atoms with Gasteiger partial charge in [-0.15, -0.1) is 11.3 Å². The van der Waals surface area contributed by atoms with Gasteiger partial charge in [-0.25, -0.2) is 13.4 Å². The van der Waals surface area contributed by atoms with E-state index >= 15 is 0 Å². The van der Waals surface area contributed by atoms with Gasteiger partial charge in [-0.3, -0.25) is 4.79 Å². The van der Waals surface area contributed by atoms with Crippen LogP contribution in [0, 0.1) is 0 Å². The summed E-state index contributed by atoms with van der Waals surface area (Å²) >= 11 is 1.42. The van der Waals surface area contributed by atoms with Crippen molar-refractivity contribution in [3.8, 4) is 0 Å². The van der Waals surface area contributed by atoms with Gasteiger partial charge < -0.3 is 4.90 Å². The number of benzene rings is 1. The fraction of sp³-hybridized carbons (Fsp3) is 0.375. The normalized spacial score (nSPS) is 19.5. The van der Waals surface area contributed by atoms with Crippen molar-refractivity contribution < 1.29 is 13.2 Å². The van der Waals surface area contributed by atoms with Crippen LogP contribution in [0.5, 0.6) is 0 Å². The lowest BCUT2D eigenvalue weighted by molar-refractivity contribution is -0.128. The molecule has 1 unspecified atom stereocenters. The quantitative estimate of drug-likeness (QED) is 0.778. The second-order valence-corrected chi connectivity index (χ2v) is 8.37. The van der Waals surface area contributed by atoms with Gasteiger partial charge in [-0.05, 0) is 24.6 Å². The molecule has 0 radical (unpaired) electrons. The summed E-state index contributed by atoms with van der Waals surface area (Å²) in [4.78, 5) is 17.9. The molecule has 0 N–H and O–H groups in total. The maximum atomic E-state index is 13.2. The number of fused-ring (bicyclic) bond motifs is 1. The molecule has 0 saturated carbocycles. The Hall–Kier alpha value is -1.77. The zero-order valence-electron chi connectivity index (χ0n) is 13.4. The summed E-state index contributed by atoms with van der Waals surface area (Å²) in [5.74, 6) is -0.160. The van der Waals surface area contributed by atoms with Crippen molar-refractivity contribution in [2.45, 2.75) is 24.3 Å². The molecule has 0 aliphatic carbocycles. The van der Waals surface area contributed by atoms with Gasteiger partial charge in [0.25, 0.3) is 0 Å². The van der Waals surface area contributed by atoms with Crippen molar-refractivity contribution in [3.63, 3.8) is 0 Å². The average Bonchev–Trinajstić information content (AvgIpc) is 3.08. The number of sulfonamides is 1. The van der Waals surface area contributed by atoms with Crippen molar-refractivity contribution in [1.29, 1.82) is 0 Å². The molecule has 1 atom stereocenters. The Labute approximate surface area is 145 Å². The van der Waals surface area contributed by atoms with E-state index in [1.54, 1.807) is 22.5 Å². The molecule has 6 nitrogen and oxygen atoms in total. The summed E-state index contributed by atoms with van der Waals surface area (Å²) in [5.41, 5.74) is 2.17. The molecule has 24 heavy (non-hydrogen) atoms. The van der Waals surface area contributed by atoms with Gasteiger partial charge in [0, 0.05) is 25.7 Å². The Balaban J connectivity index is 1.96. The number of rotatable bonds is 4. The number of hydrogen-bond acceptors (Lipinski definition) is 5. The number of carbonyl (C=O) groups is 1. The highest BCUT2D eigenvalue weighted by Crippen LogP contribution is 2.29. The number of para-hydroxylation sites is 1. The molecule has 128 valence electrons. The first-order valence-electron chi connectivity index (χ1n) is 7.74. The van der Waals surface area contributed by atoms with Gasteiger partial charge in [-0.2, -0.15) is 4.31 Å². The van der Waals surface area contributed by atoms with E-state index in [-0.39, 0.29) is 23.4 Å². The second-order valence-electron chi connectivity index (χ2n) is 5.62. The maximum absolute atomic E-state index is 13.2. The van der Waals surface area contributed by atoms with Gasteiger partial charge in [-0.1, -0.05) is 19.6 Å². The first-order valence-corrected chi connectivity index (χ1v) is 10.1. The fourth-order valence-corrected chi connectivity index (χ4v) is 5.62.